The Morgan fingerprint density at radius 3 is 2.38 bits per heavy atom. The molecule has 1 unspecified atom stereocenters. The average Bonchev–Trinajstić information content (AvgIpc) is 3.64. The standard InChI is InChI=1S/C32H29N5O8/c1-20-28(31(40)44-16-4-5-22-8-10-23(11-9-22)18-35-15-14-33-19-35)30(24-6-3-7-25(17-24)37(42)43)29(21(2)34-20)32(41)45-36-26(38)12-13-27(36)39/h3-11,14-15,17,19,30,34H,12-13,16,18H2,1-2H3/b5-4-. The predicted octanol–water partition coefficient (Wildman–Crippen LogP) is 3.94. The number of carbonyl (C=O) groups is 4. The minimum Gasteiger partial charge on any atom is -0.458 e. The Labute approximate surface area is 257 Å². The molecule has 0 radical (unpaired) electrons. The summed E-state index contributed by atoms with van der Waals surface area (Å²) in [5.41, 5.74) is 2.51. The molecule has 1 aromatic heterocycles. The van der Waals surface area contributed by atoms with E-state index in [0.717, 1.165) is 11.1 Å². The van der Waals surface area contributed by atoms with Gasteiger partial charge in [-0.2, -0.15) is 0 Å². The minimum absolute atomic E-state index is 0.0179. The van der Waals surface area contributed by atoms with Crippen molar-refractivity contribution < 1.29 is 33.7 Å². The number of nitro benzene ring substituents is 1. The molecule has 0 spiro atoms. The van der Waals surface area contributed by atoms with E-state index in [2.05, 4.69) is 10.3 Å². The second-order valence-electron chi connectivity index (χ2n) is 10.4. The molecule has 2 aromatic carbocycles. The van der Waals surface area contributed by atoms with Gasteiger partial charge < -0.3 is 19.5 Å². The highest BCUT2D eigenvalue weighted by Crippen LogP contribution is 2.40. The number of nitro groups is 1. The van der Waals surface area contributed by atoms with Crippen LogP contribution >= 0.6 is 0 Å². The summed E-state index contributed by atoms with van der Waals surface area (Å²) in [5, 5.41) is 15.0. The quantitative estimate of drug-likeness (QED) is 0.154. The molecule has 230 valence electrons. The highest BCUT2D eigenvalue weighted by Gasteiger charge is 2.41. The number of hydrogen-bond acceptors (Lipinski definition) is 10. The third-order valence-electron chi connectivity index (χ3n) is 7.32. The Kier molecular flexibility index (Phi) is 8.98. The summed E-state index contributed by atoms with van der Waals surface area (Å²) < 4.78 is 7.52. The van der Waals surface area contributed by atoms with Crippen LogP contribution in [0.5, 0.6) is 0 Å². The smallest absolute Gasteiger partial charge is 0.362 e. The molecular weight excluding hydrogens is 582 g/mol. The van der Waals surface area contributed by atoms with Crippen molar-refractivity contribution in [2.45, 2.75) is 39.2 Å². The number of carbonyl (C=O) groups excluding carboxylic acids is 4. The second-order valence-corrected chi connectivity index (χ2v) is 10.4. The minimum atomic E-state index is -1.16. The van der Waals surface area contributed by atoms with Gasteiger partial charge in [-0.15, -0.1) is 5.06 Å². The van der Waals surface area contributed by atoms with Gasteiger partial charge in [-0.3, -0.25) is 19.7 Å². The van der Waals surface area contributed by atoms with Crippen LogP contribution in [-0.2, 0) is 35.3 Å². The molecule has 1 saturated heterocycles. The summed E-state index contributed by atoms with van der Waals surface area (Å²) in [4.78, 5) is 71.5. The number of allylic oxidation sites excluding steroid dienone is 2. The van der Waals surface area contributed by atoms with Crippen molar-refractivity contribution in [3.8, 4) is 0 Å². The molecule has 0 saturated carbocycles. The summed E-state index contributed by atoms with van der Waals surface area (Å²) in [7, 11) is 0. The van der Waals surface area contributed by atoms with Crippen LogP contribution in [0.3, 0.4) is 0 Å². The number of rotatable bonds is 10. The summed E-state index contributed by atoms with van der Waals surface area (Å²) in [6, 6.07) is 13.3. The van der Waals surface area contributed by atoms with Crippen LogP contribution in [-0.4, -0.2) is 49.9 Å². The number of hydrogen-bond donors (Lipinski definition) is 1. The fraction of sp³-hybridized carbons (Fsp3) is 0.219. The predicted molar refractivity (Wildman–Crippen MR) is 159 cm³/mol. The fourth-order valence-electron chi connectivity index (χ4n) is 5.19. The van der Waals surface area contributed by atoms with Gasteiger partial charge in [-0.05, 0) is 36.6 Å². The lowest BCUT2D eigenvalue weighted by Gasteiger charge is -2.30. The van der Waals surface area contributed by atoms with E-state index in [9.17, 15) is 29.3 Å². The fourth-order valence-corrected chi connectivity index (χ4v) is 5.19. The van der Waals surface area contributed by atoms with Gasteiger partial charge in [-0.25, -0.2) is 14.6 Å². The van der Waals surface area contributed by atoms with Crippen molar-refractivity contribution in [3.63, 3.8) is 0 Å². The summed E-state index contributed by atoms with van der Waals surface area (Å²) >= 11 is 0. The van der Waals surface area contributed by atoms with Gasteiger partial charge >= 0.3 is 11.9 Å². The van der Waals surface area contributed by atoms with E-state index < -0.39 is 34.6 Å². The van der Waals surface area contributed by atoms with Gasteiger partial charge in [0.05, 0.1) is 28.3 Å². The molecular formula is C32H29N5O8. The third kappa shape index (κ3) is 6.88. The number of dihydropyridines is 1. The van der Waals surface area contributed by atoms with Crippen LogP contribution in [0.15, 0.2) is 95.9 Å². The maximum absolute atomic E-state index is 13.6. The van der Waals surface area contributed by atoms with E-state index in [1.807, 2.05) is 35.0 Å². The second kappa shape index (κ2) is 13.2. The number of non-ortho nitro benzene ring substituents is 1. The van der Waals surface area contributed by atoms with E-state index in [1.165, 1.54) is 24.3 Å². The van der Waals surface area contributed by atoms with Crippen molar-refractivity contribution in [1.29, 1.82) is 0 Å². The molecule has 1 atom stereocenters. The monoisotopic (exact) mass is 611 g/mol. The molecule has 3 aromatic rings. The van der Waals surface area contributed by atoms with Gasteiger partial charge in [-0.1, -0.05) is 42.5 Å². The molecule has 13 nitrogen and oxygen atoms in total. The summed E-state index contributed by atoms with van der Waals surface area (Å²) in [6.45, 7) is 3.75. The van der Waals surface area contributed by atoms with E-state index in [1.54, 1.807) is 38.5 Å². The number of amides is 2. The number of nitrogens with zero attached hydrogens (tertiary/aromatic N) is 4. The van der Waals surface area contributed by atoms with Crippen LogP contribution in [0, 0.1) is 10.1 Å². The number of benzene rings is 2. The molecule has 1 N–H and O–H groups in total. The van der Waals surface area contributed by atoms with Crippen molar-refractivity contribution in [2.75, 3.05) is 6.61 Å². The van der Waals surface area contributed by atoms with Crippen LogP contribution in [0.25, 0.3) is 6.08 Å². The first kappa shape index (κ1) is 30.6. The van der Waals surface area contributed by atoms with E-state index in [4.69, 9.17) is 9.57 Å². The molecule has 2 aliphatic rings. The molecule has 13 heteroatoms. The Morgan fingerprint density at radius 2 is 1.73 bits per heavy atom. The molecule has 0 aliphatic carbocycles. The zero-order valence-corrected chi connectivity index (χ0v) is 24.5. The molecule has 45 heavy (non-hydrogen) atoms. The summed E-state index contributed by atoms with van der Waals surface area (Å²) in [6.07, 6.45) is 8.59. The lowest BCUT2D eigenvalue weighted by atomic mass is 9.80. The Bertz CT molecular complexity index is 1740. The number of hydroxylamine groups is 2. The van der Waals surface area contributed by atoms with E-state index >= 15 is 0 Å². The van der Waals surface area contributed by atoms with Crippen molar-refractivity contribution in [1.82, 2.24) is 19.9 Å². The largest absolute Gasteiger partial charge is 0.458 e. The lowest BCUT2D eigenvalue weighted by Crippen LogP contribution is -2.37. The van der Waals surface area contributed by atoms with Crippen LogP contribution in [0.2, 0.25) is 0 Å². The van der Waals surface area contributed by atoms with E-state index in [0.29, 0.717) is 17.3 Å². The topological polar surface area (TPSA) is 163 Å². The van der Waals surface area contributed by atoms with Gasteiger partial charge in [0, 0.05) is 55.3 Å². The third-order valence-corrected chi connectivity index (χ3v) is 7.32. The van der Waals surface area contributed by atoms with Gasteiger partial charge in [0.2, 0.25) is 0 Å². The molecule has 0 bridgehead atoms. The first-order valence-corrected chi connectivity index (χ1v) is 14.0. The molecule has 2 amide bonds. The molecule has 5 rings (SSSR count). The Hall–Kier alpha value is -5.85. The molecule has 1 fully saturated rings. The van der Waals surface area contributed by atoms with Crippen molar-refractivity contribution in [2.24, 2.45) is 0 Å². The van der Waals surface area contributed by atoms with Crippen LogP contribution < -0.4 is 5.32 Å². The lowest BCUT2D eigenvalue weighted by molar-refractivity contribution is -0.384. The number of nitrogens with one attached hydrogen (secondary N) is 1. The first-order valence-electron chi connectivity index (χ1n) is 14.0. The average molecular weight is 612 g/mol. The van der Waals surface area contributed by atoms with Crippen LogP contribution in [0.4, 0.5) is 5.69 Å². The first-order chi connectivity index (χ1) is 21.6. The van der Waals surface area contributed by atoms with E-state index in [-0.39, 0.29) is 47.5 Å². The van der Waals surface area contributed by atoms with Gasteiger partial charge in [0.25, 0.3) is 17.5 Å². The highest BCUT2D eigenvalue weighted by atomic mass is 16.7. The molecule has 3 heterocycles. The van der Waals surface area contributed by atoms with Gasteiger partial charge in [0.1, 0.15) is 6.61 Å². The zero-order chi connectivity index (χ0) is 32.1. The van der Waals surface area contributed by atoms with Crippen molar-refractivity contribution in [3.05, 3.63) is 123 Å². The molecule has 2 aliphatic heterocycles. The highest BCUT2D eigenvalue weighted by molar-refractivity contribution is 6.04. The van der Waals surface area contributed by atoms with Gasteiger partial charge in [0.15, 0.2) is 0 Å². The maximum atomic E-state index is 13.6. The maximum Gasteiger partial charge on any atom is 0.362 e. The number of ether oxygens (including phenoxy) is 1. The number of imide groups is 1. The SMILES string of the molecule is CC1=C(C(=O)OC/C=C\c2ccc(Cn3ccnc3)cc2)C(c2cccc([N+](=O)[O-])c2)C(C(=O)ON2C(=O)CCC2=O)=C(C)N1. The number of esters is 1. The number of imidazole rings is 1. The zero-order valence-electron chi connectivity index (χ0n) is 24.5. The Morgan fingerprint density at radius 1 is 1.04 bits per heavy atom. The normalized spacial score (nSPS) is 16.8. The number of aromatic nitrogens is 2. The van der Waals surface area contributed by atoms with Crippen LogP contribution in [0.1, 0.15) is 49.3 Å². The Balaban J connectivity index is 1.36. The summed E-state index contributed by atoms with van der Waals surface area (Å²) in [5.74, 6) is -4.34. The van der Waals surface area contributed by atoms with Crippen molar-refractivity contribution >= 4 is 35.5 Å².